The molecule has 132 valence electrons. The van der Waals surface area contributed by atoms with Crippen LogP contribution >= 0.6 is 11.3 Å². The van der Waals surface area contributed by atoms with Crippen LogP contribution in [0.1, 0.15) is 36.9 Å². The van der Waals surface area contributed by atoms with Crippen molar-refractivity contribution in [1.82, 2.24) is 15.6 Å². The fraction of sp³-hybridized carbons (Fsp3) is 0.421. The quantitative estimate of drug-likeness (QED) is 0.800. The molecule has 0 bridgehead atoms. The maximum atomic E-state index is 12.6. The number of benzene rings is 1. The van der Waals surface area contributed by atoms with Crippen molar-refractivity contribution in [2.45, 2.75) is 44.7 Å². The van der Waals surface area contributed by atoms with Crippen LogP contribution in [-0.2, 0) is 22.6 Å². The predicted molar refractivity (Wildman–Crippen MR) is 98.0 cm³/mol. The predicted octanol–water partition coefficient (Wildman–Crippen LogP) is 2.68. The summed E-state index contributed by atoms with van der Waals surface area (Å²) in [6.07, 6.45) is 4.52. The van der Waals surface area contributed by atoms with Crippen molar-refractivity contribution in [3.8, 4) is 0 Å². The van der Waals surface area contributed by atoms with Gasteiger partial charge >= 0.3 is 0 Å². The molecule has 1 saturated carbocycles. The van der Waals surface area contributed by atoms with Crippen molar-refractivity contribution in [2.24, 2.45) is 5.92 Å². The SMILES string of the molecule is O=C(N[C@H](Cc1ccccc1)C(=O)NCc1cscn1)C1CCCC1. The Kier molecular flexibility index (Phi) is 6.17. The molecule has 3 rings (SSSR count). The van der Waals surface area contributed by atoms with Crippen LogP contribution in [0.5, 0.6) is 0 Å². The Labute approximate surface area is 151 Å². The van der Waals surface area contributed by atoms with Gasteiger partial charge in [0.25, 0.3) is 0 Å². The minimum Gasteiger partial charge on any atom is -0.349 e. The van der Waals surface area contributed by atoms with E-state index < -0.39 is 6.04 Å². The summed E-state index contributed by atoms with van der Waals surface area (Å²) in [5.41, 5.74) is 3.60. The van der Waals surface area contributed by atoms with Gasteiger partial charge in [-0.15, -0.1) is 11.3 Å². The van der Waals surface area contributed by atoms with Gasteiger partial charge in [0.15, 0.2) is 0 Å². The first kappa shape index (κ1) is 17.6. The van der Waals surface area contributed by atoms with Crippen LogP contribution < -0.4 is 10.6 Å². The lowest BCUT2D eigenvalue weighted by atomic mass is 10.0. The number of carbonyl (C=O) groups excluding carboxylic acids is 2. The molecule has 1 aromatic heterocycles. The summed E-state index contributed by atoms with van der Waals surface area (Å²) in [7, 11) is 0. The smallest absolute Gasteiger partial charge is 0.243 e. The molecule has 5 nitrogen and oxygen atoms in total. The van der Waals surface area contributed by atoms with E-state index in [0.717, 1.165) is 36.9 Å². The van der Waals surface area contributed by atoms with E-state index in [1.54, 1.807) is 5.51 Å². The van der Waals surface area contributed by atoms with Crippen molar-refractivity contribution in [2.75, 3.05) is 0 Å². The zero-order valence-electron chi connectivity index (χ0n) is 14.1. The van der Waals surface area contributed by atoms with Gasteiger partial charge in [0.2, 0.25) is 11.8 Å². The second kappa shape index (κ2) is 8.76. The van der Waals surface area contributed by atoms with Crippen LogP contribution in [0.4, 0.5) is 0 Å². The molecule has 0 spiro atoms. The van der Waals surface area contributed by atoms with E-state index in [1.165, 1.54) is 11.3 Å². The summed E-state index contributed by atoms with van der Waals surface area (Å²) in [5, 5.41) is 7.77. The normalized spacial score (nSPS) is 15.7. The molecule has 2 N–H and O–H groups in total. The molecular formula is C19H23N3O2S. The van der Waals surface area contributed by atoms with Gasteiger partial charge in [0, 0.05) is 17.7 Å². The molecule has 0 aliphatic heterocycles. The molecule has 1 fully saturated rings. The van der Waals surface area contributed by atoms with Gasteiger partial charge in [-0.25, -0.2) is 4.98 Å². The average molecular weight is 357 g/mol. The summed E-state index contributed by atoms with van der Waals surface area (Å²) in [6.45, 7) is 0.382. The maximum absolute atomic E-state index is 12.6. The van der Waals surface area contributed by atoms with Crippen molar-refractivity contribution in [3.63, 3.8) is 0 Å². The molecular weight excluding hydrogens is 334 g/mol. The average Bonchev–Trinajstić information content (AvgIpc) is 3.33. The third-order valence-corrected chi connectivity index (χ3v) is 5.20. The molecule has 1 aromatic carbocycles. The monoisotopic (exact) mass is 357 g/mol. The van der Waals surface area contributed by atoms with Crippen molar-refractivity contribution < 1.29 is 9.59 Å². The van der Waals surface area contributed by atoms with Gasteiger partial charge in [-0.1, -0.05) is 43.2 Å². The van der Waals surface area contributed by atoms with Gasteiger partial charge in [0.1, 0.15) is 6.04 Å². The third-order valence-electron chi connectivity index (χ3n) is 4.57. The van der Waals surface area contributed by atoms with Gasteiger partial charge in [-0.3, -0.25) is 9.59 Å². The molecule has 2 aromatic rings. The van der Waals surface area contributed by atoms with Gasteiger partial charge < -0.3 is 10.6 Å². The zero-order chi connectivity index (χ0) is 17.5. The first-order valence-electron chi connectivity index (χ1n) is 8.71. The fourth-order valence-electron chi connectivity index (χ4n) is 3.16. The van der Waals surface area contributed by atoms with Crippen LogP contribution in [0.3, 0.4) is 0 Å². The van der Waals surface area contributed by atoms with E-state index >= 15 is 0 Å². The second-order valence-corrected chi connectivity index (χ2v) is 7.15. The Hall–Kier alpha value is -2.21. The molecule has 0 radical (unpaired) electrons. The van der Waals surface area contributed by atoms with Crippen molar-refractivity contribution in [3.05, 3.63) is 52.5 Å². The van der Waals surface area contributed by atoms with Crippen molar-refractivity contribution >= 4 is 23.2 Å². The minimum atomic E-state index is -0.561. The number of thiazole rings is 1. The van der Waals surface area contributed by atoms with E-state index in [9.17, 15) is 9.59 Å². The second-order valence-electron chi connectivity index (χ2n) is 6.43. The molecule has 1 heterocycles. The minimum absolute atomic E-state index is 0.00207. The van der Waals surface area contributed by atoms with E-state index in [2.05, 4.69) is 15.6 Å². The number of nitrogens with zero attached hydrogens (tertiary/aromatic N) is 1. The number of aromatic nitrogens is 1. The first-order chi connectivity index (χ1) is 12.2. The molecule has 1 aliphatic rings. The number of rotatable bonds is 7. The highest BCUT2D eigenvalue weighted by Gasteiger charge is 2.27. The van der Waals surface area contributed by atoms with Gasteiger partial charge in [-0.05, 0) is 18.4 Å². The molecule has 2 amide bonds. The molecule has 0 saturated heterocycles. The Morgan fingerprint density at radius 2 is 1.96 bits per heavy atom. The van der Waals surface area contributed by atoms with Gasteiger partial charge in [0.05, 0.1) is 17.7 Å². The largest absolute Gasteiger partial charge is 0.349 e. The highest BCUT2D eigenvalue weighted by Crippen LogP contribution is 2.24. The molecule has 25 heavy (non-hydrogen) atoms. The van der Waals surface area contributed by atoms with Gasteiger partial charge in [-0.2, -0.15) is 0 Å². The number of amides is 2. The van der Waals surface area contributed by atoms with Crippen LogP contribution in [0.15, 0.2) is 41.2 Å². The molecule has 6 heteroatoms. The van der Waals surface area contributed by atoms with Crippen LogP contribution in [0.2, 0.25) is 0 Å². The highest BCUT2D eigenvalue weighted by atomic mass is 32.1. The van der Waals surface area contributed by atoms with E-state index in [4.69, 9.17) is 0 Å². The van der Waals surface area contributed by atoms with E-state index in [-0.39, 0.29) is 17.7 Å². The molecule has 0 unspecified atom stereocenters. The van der Waals surface area contributed by atoms with E-state index in [0.29, 0.717) is 13.0 Å². The Morgan fingerprint density at radius 3 is 2.64 bits per heavy atom. The summed E-state index contributed by atoms with van der Waals surface area (Å²) in [4.78, 5) is 29.3. The third kappa shape index (κ3) is 5.13. The summed E-state index contributed by atoms with van der Waals surface area (Å²) in [6, 6.07) is 9.22. The molecule has 1 aliphatic carbocycles. The molecule has 1 atom stereocenters. The zero-order valence-corrected chi connectivity index (χ0v) is 14.9. The van der Waals surface area contributed by atoms with E-state index in [1.807, 2.05) is 35.7 Å². The Bertz CT molecular complexity index is 682. The fourth-order valence-corrected chi connectivity index (χ4v) is 3.72. The highest BCUT2D eigenvalue weighted by molar-refractivity contribution is 7.07. The Morgan fingerprint density at radius 1 is 1.20 bits per heavy atom. The number of nitrogens with one attached hydrogen (secondary N) is 2. The lowest BCUT2D eigenvalue weighted by Crippen LogP contribution is -2.49. The summed E-state index contributed by atoms with van der Waals surface area (Å²) < 4.78 is 0. The standard InChI is InChI=1S/C19H23N3O2S/c23-18(15-8-4-5-9-15)22-17(10-14-6-2-1-3-7-14)19(24)20-11-16-12-25-13-21-16/h1-3,6-7,12-13,15,17H,4-5,8-11H2,(H,20,24)(H,22,23)/t17-/m1/s1. The lowest BCUT2D eigenvalue weighted by Gasteiger charge is -2.20. The number of hydrogen-bond donors (Lipinski definition) is 2. The summed E-state index contributed by atoms with van der Waals surface area (Å²) >= 11 is 1.50. The van der Waals surface area contributed by atoms with Crippen LogP contribution in [0, 0.1) is 5.92 Å². The first-order valence-corrected chi connectivity index (χ1v) is 9.66. The van der Waals surface area contributed by atoms with Crippen LogP contribution in [0.25, 0.3) is 0 Å². The summed E-state index contributed by atoms with van der Waals surface area (Å²) in [5.74, 6) is -0.116. The Balaban J connectivity index is 1.64. The number of carbonyl (C=O) groups is 2. The van der Waals surface area contributed by atoms with Crippen molar-refractivity contribution in [1.29, 1.82) is 0 Å². The van der Waals surface area contributed by atoms with Crippen LogP contribution in [-0.4, -0.2) is 22.8 Å². The topological polar surface area (TPSA) is 71.1 Å². The maximum Gasteiger partial charge on any atom is 0.243 e. The lowest BCUT2D eigenvalue weighted by molar-refractivity contribution is -0.131. The number of hydrogen-bond acceptors (Lipinski definition) is 4.